The van der Waals surface area contributed by atoms with Crippen LogP contribution < -0.4 is 14.8 Å². The lowest BCUT2D eigenvalue weighted by molar-refractivity contribution is -0.114. The lowest BCUT2D eigenvalue weighted by Gasteiger charge is -2.14. The minimum Gasteiger partial charge on any atom is -0.495 e. The van der Waals surface area contributed by atoms with Crippen molar-refractivity contribution in [1.29, 1.82) is 0 Å². The van der Waals surface area contributed by atoms with E-state index in [0.717, 1.165) is 9.79 Å². The summed E-state index contributed by atoms with van der Waals surface area (Å²) in [6.07, 6.45) is 0. The third kappa shape index (κ3) is 5.30. The maximum absolute atomic E-state index is 13.0. The first-order valence-electron chi connectivity index (χ1n) is 8.69. The van der Waals surface area contributed by atoms with Gasteiger partial charge in [-0.25, -0.2) is 8.42 Å². The normalized spacial score (nSPS) is 11.0. The number of nitrogens with one attached hydrogen (secondary N) is 2. The van der Waals surface area contributed by atoms with Crippen molar-refractivity contribution >= 4 is 39.1 Å². The van der Waals surface area contributed by atoms with Crippen LogP contribution in [0.4, 0.5) is 11.4 Å². The molecule has 0 heterocycles. The molecule has 150 valence electrons. The number of carbonyl (C=O) groups excluding carboxylic acids is 1. The number of carbonyl (C=O) groups is 1. The molecule has 1 amide bonds. The van der Waals surface area contributed by atoms with Crippen LogP contribution in [0, 0.1) is 0 Å². The van der Waals surface area contributed by atoms with Crippen molar-refractivity contribution in [1.82, 2.24) is 0 Å². The molecule has 2 N–H and O–H groups in total. The number of amides is 1. The Morgan fingerprint density at radius 2 is 1.62 bits per heavy atom. The second-order valence-electron chi connectivity index (χ2n) is 6.06. The Bertz CT molecular complexity index is 1120. The van der Waals surface area contributed by atoms with Gasteiger partial charge in [-0.15, -0.1) is 0 Å². The summed E-state index contributed by atoms with van der Waals surface area (Å²) < 4.78 is 33.8. The van der Waals surface area contributed by atoms with Crippen LogP contribution in [0.15, 0.2) is 87.5 Å². The highest BCUT2D eigenvalue weighted by atomic mass is 32.2. The van der Waals surface area contributed by atoms with Crippen molar-refractivity contribution in [3.05, 3.63) is 72.8 Å². The monoisotopic (exact) mass is 428 g/mol. The van der Waals surface area contributed by atoms with E-state index >= 15 is 0 Å². The molecular formula is C21H20N2O4S2. The molecule has 0 radical (unpaired) electrons. The molecule has 0 saturated heterocycles. The quantitative estimate of drug-likeness (QED) is 0.574. The van der Waals surface area contributed by atoms with Crippen molar-refractivity contribution in [3.8, 4) is 5.75 Å². The number of hydrogen-bond donors (Lipinski definition) is 2. The van der Waals surface area contributed by atoms with Crippen molar-refractivity contribution in [3.63, 3.8) is 0 Å². The second-order valence-corrected chi connectivity index (χ2v) is 8.86. The molecule has 0 bridgehead atoms. The highest BCUT2D eigenvalue weighted by Gasteiger charge is 2.19. The molecule has 0 atom stereocenters. The zero-order chi connectivity index (χ0) is 20.9. The summed E-state index contributed by atoms with van der Waals surface area (Å²) in [5.74, 6) is 0.0506. The number of para-hydroxylation sites is 1. The van der Waals surface area contributed by atoms with Gasteiger partial charge in [0.2, 0.25) is 5.91 Å². The topological polar surface area (TPSA) is 84.5 Å². The van der Waals surface area contributed by atoms with Crippen LogP contribution in [0.3, 0.4) is 0 Å². The van der Waals surface area contributed by atoms with Gasteiger partial charge in [0.25, 0.3) is 10.0 Å². The summed E-state index contributed by atoms with van der Waals surface area (Å²) in [5.41, 5.74) is 0.757. The maximum atomic E-state index is 13.0. The number of anilines is 2. The lowest BCUT2D eigenvalue weighted by atomic mass is 10.3. The van der Waals surface area contributed by atoms with Crippen LogP contribution >= 0.6 is 11.8 Å². The van der Waals surface area contributed by atoms with Crippen molar-refractivity contribution in [2.24, 2.45) is 0 Å². The Morgan fingerprint density at radius 3 is 2.31 bits per heavy atom. The van der Waals surface area contributed by atoms with Crippen LogP contribution in [0.25, 0.3) is 0 Å². The van der Waals surface area contributed by atoms with Crippen LogP contribution in [0.2, 0.25) is 0 Å². The molecule has 29 heavy (non-hydrogen) atoms. The van der Waals surface area contributed by atoms with Gasteiger partial charge >= 0.3 is 0 Å². The van der Waals surface area contributed by atoms with E-state index < -0.39 is 10.0 Å². The van der Waals surface area contributed by atoms with E-state index in [4.69, 9.17) is 4.74 Å². The maximum Gasteiger partial charge on any atom is 0.262 e. The fourth-order valence-electron chi connectivity index (χ4n) is 2.60. The highest BCUT2D eigenvalue weighted by Crippen LogP contribution is 2.35. The third-order valence-electron chi connectivity index (χ3n) is 3.89. The third-order valence-corrected chi connectivity index (χ3v) is 6.34. The summed E-state index contributed by atoms with van der Waals surface area (Å²) in [7, 11) is -2.43. The van der Waals surface area contributed by atoms with Crippen LogP contribution in [0.1, 0.15) is 6.92 Å². The first-order valence-corrected chi connectivity index (χ1v) is 11.0. The number of rotatable bonds is 7. The van der Waals surface area contributed by atoms with E-state index in [1.165, 1.54) is 44.0 Å². The molecular weight excluding hydrogens is 408 g/mol. The van der Waals surface area contributed by atoms with Gasteiger partial charge in [0.1, 0.15) is 5.75 Å². The van der Waals surface area contributed by atoms with Crippen molar-refractivity contribution < 1.29 is 17.9 Å². The van der Waals surface area contributed by atoms with E-state index in [1.807, 2.05) is 42.5 Å². The molecule has 3 aromatic rings. The molecule has 3 aromatic carbocycles. The fourth-order valence-corrected chi connectivity index (χ4v) is 4.69. The predicted molar refractivity (Wildman–Crippen MR) is 115 cm³/mol. The van der Waals surface area contributed by atoms with Gasteiger partial charge in [-0.3, -0.25) is 9.52 Å². The first-order chi connectivity index (χ1) is 13.9. The standard InChI is InChI=1S/C21H20N2O4S2/c1-15(24)22-19-14-17(12-13-20(19)27-2)29(25,26)23-18-10-6-7-11-21(18)28-16-8-4-3-5-9-16/h3-14,23H,1-2H3,(H,22,24). The summed E-state index contributed by atoms with van der Waals surface area (Å²) in [6.45, 7) is 1.34. The van der Waals surface area contributed by atoms with E-state index in [9.17, 15) is 13.2 Å². The molecule has 0 unspecified atom stereocenters. The van der Waals surface area contributed by atoms with Gasteiger partial charge in [-0.05, 0) is 42.5 Å². The average molecular weight is 429 g/mol. The van der Waals surface area contributed by atoms with Gasteiger partial charge in [-0.1, -0.05) is 42.1 Å². The molecule has 0 spiro atoms. The van der Waals surface area contributed by atoms with Crippen LogP contribution in [0.5, 0.6) is 5.75 Å². The van der Waals surface area contributed by atoms with Crippen LogP contribution in [-0.4, -0.2) is 21.4 Å². The van der Waals surface area contributed by atoms with E-state index in [2.05, 4.69) is 10.0 Å². The number of benzene rings is 3. The summed E-state index contributed by atoms with van der Waals surface area (Å²) >= 11 is 1.46. The average Bonchev–Trinajstić information content (AvgIpc) is 2.69. The fraction of sp³-hybridized carbons (Fsp3) is 0.0952. The smallest absolute Gasteiger partial charge is 0.262 e. The largest absolute Gasteiger partial charge is 0.495 e. The van der Waals surface area contributed by atoms with Gasteiger partial charge in [0, 0.05) is 16.7 Å². The van der Waals surface area contributed by atoms with E-state index in [0.29, 0.717) is 11.4 Å². The minimum atomic E-state index is -3.88. The lowest BCUT2D eigenvalue weighted by Crippen LogP contribution is -2.15. The van der Waals surface area contributed by atoms with Gasteiger partial charge < -0.3 is 10.1 Å². The summed E-state index contributed by atoms with van der Waals surface area (Å²) in [6, 6.07) is 21.2. The first kappa shape index (κ1) is 20.8. The zero-order valence-electron chi connectivity index (χ0n) is 15.9. The van der Waals surface area contributed by atoms with Crippen LogP contribution in [-0.2, 0) is 14.8 Å². The Hall–Kier alpha value is -2.97. The number of hydrogen-bond acceptors (Lipinski definition) is 5. The molecule has 0 fully saturated rings. The molecule has 0 aliphatic heterocycles. The summed E-state index contributed by atoms with van der Waals surface area (Å²) in [5, 5.41) is 2.58. The van der Waals surface area contributed by atoms with E-state index in [1.54, 1.807) is 12.1 Å². The summed E-state index contributed by atoms with van der Waals surface area (Å²) in [4.78, 5) is 13.2. The minimum absolute atomic E-state index is 0.0153. The number of ether oxygens (including phenoxy) is 1. The Balaban J connectivity index is 1.91. The SMILES string of the molecule is COc1ccc(S(=O)(=O)Nc2ccccc2Sc2ccccc2)cc1NC(C)=O. The Morgan fingerprint density at radius 1 is 0.931 bits per heavy atom. The number of methoxy groups -OCH3 is 1. The molecule has 3 rings (SSSR count). The van der Waals surface area contributed by atoms with Gasteiger partial charge in [-0.2, -0.15) is 0 Å². The molecule has 0 saturated carbocycles. The zero-order valence-corrected chi connectivity index (χ0v) is 17.5. The van der Waals surface area contributed by atoms with Crippen molar-refractivity contribution in [2.45, 2.75) is 21.6 Å². The second kappa shape index (κ2) is 9.02. The molecule has 8 heteroatoms. The molecule has 6 nitrogen and oxygen atoms in total. The van der Waals surface area contributed by atoms with Crippen molar-refractivity contribution in [2.75, 3.05) is 17.1 Å². The number of sulfonamides is 1. The van der Waals surface area contributed by atoms with E-state index in [-0.39, 0.29) is 16.5 Å². The van der Waals surface area contributed by atoms with Gasteiger partial charge in [0.05, 0.1) is 23.4 Å². The molecule has 0 aliphatic rings. The Kier molecular flexibility index (Phi) is 6.46. The highest BCUT2D eigenvalue weighted by molar-refractivity contribution is 7.99. The molecule has 0 aromatic heterocycles. The predicted octanol–water partition coefficient (Wildman–Crippen LogP) is 4.61. The van der Waals surface area contributed by atoms with Gasteiger partial charge in [0.15, 0.2) is 0 Å². The molecule has 0 aliphatic carbocycles. The Labute approximate surface area is 174 Å².